The van der Waals surface area contributed by atoms with E-state index in [-0.39, 0.29) is 0 Å². The lowest BCUT2D eigenvalue weighted by atomic mass is 9.89. The van der Waals surface area contributed by atoms with Gasteiger partial charge in [0, 0.05) is 30.2 Å². The van der Waals surface area contributed by atoms with E-state index >= 15 is 0 Å². The van der Waals surface area contributed by atoms with Crippen molar-refractivity contribution in [2.24, 2.45) is 5.92 Å². The smallest absolute Gasteiger partial charge is 0.119 e. The summed E-state index contributed by atoms with van der Waals surface area (Å²) >= 11 is 0. The van der Waals surface area contributed by atoms with Crippen LogP contribution in [0, 0.1) is 5.92 Å². The second kappa shape index (κ2) is 9.91. The van der Waals surface area contributed by atoms with Gasteiger partial charge in [0.1, 0.15) is 12.4 Å². The molecule has 164 valence electrons. The monoisotopic (exact) mass is 416 g/mol. The highest BCUT2D eigenvalue weighted by atomic mass is 16.5. The van der Waals surface area contributed by atoms with E-state index in [2.05, 4.69) is 39.9 Å². The summed E-state index contributed by atoms with van der Waals surface area (Å²) in [4.78, 5) is 2.57. The normalized spacial score (nSPS) is 19.1. The van der Waals surface area contributed by atoms with Gasteiger partial charge in [0.25, 0.3) is 0 Å². The van der Waals surface area contributed by atoms with E-state index in [9.17, 15) is 0 Å². The number of benzene rings is 2. The molecule has 3 nitrogen and oxygen atoms in total. The van der Waals surface area contributed by atoms with Gasteiger partial charge in [0.15, 0.2) is 0 Å². The van der Waals surface area contributed by atoms with E-state index in [0.29, 0.717) is 5.92 Å². The largest absolute Gasteiger partial charge is 0.492 e. The van der Waals surface area contributed by atoms with Crippen molar-refractivity contribution in [3.8, 4) is 5.75 Å². The molecule has 3 aromatic rings. The van der Waals surface area contributed by atoms with Gasteiger partial charge in [-0.25, -0.2) is 0 Å². The summed E-state index contributed by atoms with van der Waals surface area (Å²) in [5.74, 6) is 2.52. The minimum Gasteiger partial charge on any atom is -0.492 e. The quantitative estimate of drug-likeness (QED) is 0.438. The number of hydrogen-bond donors (Lipinski definition) is 0. The van der Waals surface area contributed by atoms with Crippen LogP contribution < -0.4 is 4.74 Å². The maximum absolute atomic E-state index is 5.91. The van der Waals surface area contributed by atoms with Gasteiger partial charge in [-0.15, -0.1) is 0 Å². The van der Waals surface area contributed by atoms with E-state index in [0.717, 1.165) is 24.8 Å². The SMILES string of the molecule is c1ccc(OCCN2CCC(c3cn(CC4CCCCC4)c4ccccc34)CC2)cc1. The zero-order valence-corrected chi connectivity index (χ0v) is 18.7. The Kier molecular flexibility index (Phi) is 6.60. The van der Waals surface area contributed by atoms with Gasteiger partial charge in [-0.1, -0.05) is 55.7 Å². The summed E-state index contributed by atoms with van der Waals surface area (Å²) in [7, 11) is 0. The number of rotatable bonds is 7. The molecule has 0 unspecified atom stereocenters. The van der Waals surface area contributed by atoms with Crippen LogP contribution in [0.5, 0.6) is 5.75 Å². The van der Waals surface area contributed by atoms with Crippen molar-refractivity contribution in [2.75, 3.05) is 26.2 Å². The lowest BCUT2D eigenvalue weighted by Crippen LogP contribution is -2.35. The molecule has 5 rings (SSSR count). The Balaban J connectivity index is 1.20. The highest BCUT2D eigenvalue weighted by Crippen LogP contribution is 2.35. The lowest BCUT2D eigenvalue weighted by molar-refractivity contribution is 0.173. The summed E-state index contributed by atoms with van der Waals surface area (Å²) < 4.78 is 8.49. The third-order valence-corrected chi connectivity index (χ3v) is 7.45. The van der Waals surface area contributed by atoms with Crippen LogP contribution in [-0.2, 0) is 6.54 Å². The Hall–Kier alpha value is -2.26. The Labute approximate surface area is 187 Å². The number of fused-ring (bicyclic) bond motifs is 1. The molecule has 2 fully saturated rings. The molecule has 1 aromatic heterocycles. The second-order valence-corrected chi connectivity index (χ2v) is 9.54. The fraction of sp³-hybridized carbons (Fsp3) is 0.500. The van der Waals surface area contributed by atoms with E-state index < -0.39 is 0 Å². The molecule has 2 aliphatic rings. The summed E-state index contributed by atoms with van der Waals surface area (Å²) in [5.41, 5.74) is 3.04. The number of ether oxygens (including phenoxy) is 1. The van der Waals surface area contributed by atoms with Gasteiger partial charge >= 0.3 is 0 Å². The first-order valence-corrected chi connectivity index (χ1v) is 12.3. The van der Waals surface area contributed by atoms with Crippen LogP contribution in [0.15, 0.2) is 60.8 Å². The number of likely N-dealkylation sites (tertiary alicyclic amines) is 1. The molecule has 1 aliphatic carbocycles. The van der Waals surface area contributed by atoms with E-state index in [1.807, 2.05) is 30.3 Å². The van der Waals surface area contributed by atoms with Gasteiger partial charge in [0.2, 0.25) is 0 Å². The Morgan fingerprint density at radius 2 is 1.55 bits per heavy atom. The van der Waals surface area contributed by atoms with E-state index in [1.54, 1.807) is 5.56 Å². The average molecular weight is 417 g/mol. The maximum atomic E-state index is 5.91. The minimum atomic E-state index is 0.684. The topological polar surface area (TPSA) is 17.4 Å². The van der Waals surface area contributed by atoms with Crippen molar-refractivity contribution < 1.29 is 4.74 Å². The Morgan fingerprint density at radius 3 is 2.35 bits per heavy atom. The first-order chi connectivity index (χ1) is 15.4. The van der Waals surface area contributed by atoms with Crippen molar-refractivity contribution in [2.45, 2.75) is 57.4 Å². The molecule has 0 radical (unpaired) electrons. The summed E-state index contributed by atoms with van der Waals surface area (Å²) in [6.07, 6.45) is 12.1. The standard InChI is InChI=1S/C28H36N2O/c1-3-9-23(10-4-1)21-30-22-27(26-13-7-8-14-28(26)30)24-15-17-29(18-16-24)19-20-31-25-11-5-2-6-12-25/h2,5-8,11-14,22-24H,1,3-4,9-10,15-21H2. The zero-order chi connectivity index (χ0) is 20.9. The summed E-state index contributed by atoms with van der Waals surface area (Å²) in [6, 6.07) is 19.3. The fourth-order valence-corrected chi connectivity index (χ4v) is 5.68. The predicted molar refractivity (Wildman–Crippen MR) is 129 cm³/mol. The maximum Gasteiger partial charge on any atom is 0.119 e. The zero-order valence-electron chi connectivity index (χ0n) is 18.7. The van der Waals surface area contributed by atoms with Crippen LogP contribution in [0.25, 0.3) is 10.9 Å². The molecule has 31 heavy (non-hydrogen) atoms. The number of nitrogens with zero attached hydrogens (tertiary/aromatic N) is 2. The molecule has 0 N–H and O–H groups in total. The molecule has 1 saturated heterocycles. The highest BCUT2D eigenvalue weighted by Gasteiger charge is 2.24. The summed E-state index contributed by atoms with van der Waals surface area (Å²) in [6.45, 7) is 5.34. The summed E-state index contributed by atoms with van der Waals surface area (Å²) in [5, 5.41) is 1.49. The van der Waals surface area contributed by atoms with Gasteiger partial charge in [-0.05, 0) is 74.4 Å². The van der Waals surface area contributed by atoms with Crippen LogP contribution >= 0.6 is 0 Å². The predicted octanol–water partition coefficient (Wildman–Crippen LogP) is 6.48. The molecule has 0 spiro atoms. The Morgan fingerprint density at radius 1 is 0.806 bits per heavy atom. The third kappa shape index (κ3) is 4.98. The first-order valence-electron chi connectivity index (χ1n) is 12.3. The van der Waals surface area contributed by atoms with Crippen molar-refractivity contribution >= 4 is 10.9 Å². The Bertz CT molecular complexity index is 950. The van der Waals surface area contributed by atoms with Crippen LogP contribution in [0.4, 0.5) is 0 Å². The van der Waals surface area contributed by atoms with Crippen LogP contribution in [0.3, 0.4) is 0 Å². The molecule has 2 heterocycles. The fourth-order valence-electron chi connectivity index (χ4n) is 5.68. The highest BCUT2D eigenvalue weighted by molar-refractivity contribution is 5.84. The van der Waals surface area contributed by atoms with Gasteiger partial charge in [-0.2, -0.15) is 0 Å². The van der Waals surface area contributed by atoms with Gasteiger partial charge in [-0.3, -0.25) is 4.90 Å². The number of aromatic nitrogens is 1. The van der Waals surface area contributed by atoms with Crippen molar-refractivity contribution in [1.82, 2.24) is 9.47 Å². The van der Waals surface area contributed by atoms with Crippen LogP contribution in [0.1, 0.15) is 56.4 Å². The van der Waals surface area contributed by atoms with Crippen LogP contribution in [0.2, 0.25) is 0 Å². The van der Waals surface area contributed by atoms with Crippen LogP contribution in [-0.4, -0.2) is 35.7 Å². The van der Waals surface area contributed by atoms with Crippen molar-refractivity contribution in [3.05, 3.63) is 66.4 Å². The molecule has 1 aliphatic heterocycles. The third-order valence-electron chi connectivity index (χ3n) is 7.45. The van der Waals surface area contributed by atoms with Gasteiger partial charge < -0.3 is 9.30 Å². The van der Waals surface area contributed by atoms with Crippen molar-refractivity contribution in [3.63, 3.8) is 0 Å². The molecule has 0 atom stereocenters. The molecule has 0 bridgehead atoms. The molecular formula is C28H36N2O. The minimum absolute atomic E-state index is 0.684. The van der Waals surface area contributed by atoms with E-state index in [4.69, 9.17) is 4.74 Å². The molecule has 2 aromatic carbocycles. The molecular weight excluding hydrogens is 380 g/mol. The lowest BCUT2D eigenvalue weighted by Gasteiger charge is -2.31. The molecule has 0 amide bonds. The molecule has 1 saturated carbocycles. The number of piperidine rings is 1. The van der Waals surface area contributed by atoms with E-state index in [1.165, 1.54) is 75.5 Å². The second-order valence-electron chi connectivity index (χ2n) is 9.54. The average Bonchev–Trinajstić information content (AvgIpc) is 3.19. The number of hydrogen-bond acceptors (Lipinski definition) is 2. The molecule has 3 heteroatoms. The number of para-hydroxylation sites is 2. The van der Waals surface area contributed by atoms with Crippen molar-refractivity contribution in [1.29, 1.82) is 0 Å². The van der Waals surface area contributed by atoms with Gasteiger partial charge in [0.05, 0.1) is 0 Å². The first kappa shape index (κ1) is 20.6.